The van der Waals surface area contributed by atoms with Gasteiger partial charge in [-0.25, -0.2) is 0 Å². The lowest BCUT2D eigenvalue weighted by atomic mass is 10.1. The van der Waals surface area contributed by atoms with Crippen molar-refractivity contribution in [1.82, 2.24) is 0 Å². The maximum Gasteiger partial charge on any atom is 0.430 e. The number of carboxylic acids is 1. The predicted molar refractivity (Wildman–Crippen MR) is 107 cm³/mol. The molecule has 29 heavy (non-hydrogen) atoms. The molecule has 0 bridgehead atoms. The molecule has 5 nitrogen and oxygen atoms in total. The predicted octanol–water partition coefficient (Wildman–Crippen LogP) is 3.68. The minimum Gasteiger partial charge on any atom is -0.542 e. The number of unbranched alkanes of at least 4 members (excludes halogenated alkanes) is 6. The van der Waals surface area contributed by atoms with E-state index < -0.39 is 12.1 Å². The number of halogens is 3. The number of carbonyl (C=O) groups excluding carboxylic acids is 1. The molecule has 0 aromatic rings. The van der Waals surface area contributed by atoms with Crippen LogP contribution in [0.1, 0.15) is 78.6 Å². The molecule has 0 aliphatic rings. The van der Waals surface area contributed by atoms with E-state index in [0.717, 1.165) is 13.2 Å². The van der Waals surface area contributed by atoms with E-state index in [1.807, 2.05) is 0 Å². The second-order valence-corrected chi connectivity index (χ2v) is 7.48. The van der Waals surface area contributed by atoms with E-state index >= 15 is 0 Å². The van der Waals surface area contributed by atoms with Gasteiger partial charge in [0.15, 0.2) is 0 Å². The Labute approximate surface area is 174 Å². The van der Waals surface area contributed by atoms with Gasteiger partial charge in [-0.05, 0) is 25.7 Å². The molecular weight excluding hydrogens is 387 g/mol. The lowest BCUT2D eigenvalue weighted by Crippen LogP contribution is -2.52. The molecule has 0 fully saturated rings. The molecule has 1 N–H and O–H groups in total. The lowest BCUT2D eigenvalue weighted by molar-refractivity contribution is -0.929. The van der Waals surface area contributed by atoms with Crippen molar-refractivity contribution in [1.29, 1.82) is 0 Å². The average molecular weight is 430 g/mol. The van der Waals surface area contributed by atoms with Crippen LogP contribution in [0, 0.1) is 0 Å². The Kier molecular flexibility index (Phi) is 20.0. The van der Waals surface area contributed by atoms with Gasteiger partial charge in [-0.15, -0.1) is 0 Å². The molecule has 0 heterocycles. The van der Waals surface area contributed by atoms with Crippen LogP contribution in [0.4, 0.5) is 13.2 Å². The molecular formula is C21H42F3NO4. The fourth-order valence-corrected chi connectivity index (χ4v) is 3.13. The second kappa shape index (κ2) is 19.1. The first-order valence-corrected chi connectivity index (χ1v) is 11.0. The Morgan fingerprint density at radius 2 is 1.28 bits per heavy atom. The van der Waals surface area contributed by atoms with Gasteiger partial charge in [0.2, 0.25) is 0 Å². The van der Waals surface area contributed by atoms with E-state index in [2.05, 4.69) is 20.8 Å². The Bertz CT molecular complexity index is 371. The lowest BCUT2D eigenvalue weighted by Gasteiger charge is -2.39. The van der Waals surface area contributed by atoms with Crippen LogP contribution < -0.4 is 5.11 Å². The van der Waals surface area contributed by atoms with Crippen LogP contribution in [0.5, 0.6) is 0 Å². The number of ether oxygens (including phenoxy) is 1. The zero-order chi connectivity index (χ0) is 22.6. The fourth-order valence-electron chi connectivity index (χ4n) is 3.13. The van der Waals surface area contributed by atoms with E-state index in [-0.39, 0.29) is 6.61 Å². The zero-order valence-electron chi connectivity index (χ0n) is 18.6. The van der Waals surface area contributed by atoms with Crippen LogP contribution in [0.2, 0.25) is 0 Å². The first kappa shape index (κ1) is 30.3. The minimum absolute atomic E-state index is 0.140. The molecule has 0 saturated heterocycles. The maximum absolute atomic E-state index is 10.5. The standard InChI is InChI=1S/C19H42NO2.C2HF3O2/c1-4-7-10-11-12-15-20(13-8-5-2,14-9-6-3)16-18-22-19-17-21;3-2(4,5)1(6)7/h21H,4-19H2,1-3H3;(H,6,7)/q+1;/p-1. The molecule has 0 aliphatic heterocycles. The molecule has 0 saturated carbocycles. The van der Waals surface area contributed by atoms with Gasteiger partial charge in [-0.1, -0.05) is 52.9 Å². The Morgan fingerprint density at radius 1 is 0.828 bits per heavy atom. The number of hydrogen-bond donors (Lipinski definition) is 1. The minimum atomic E-state index is -5.19. The summed E-state index contributed by atoms with van der Waals surface area (Å²) in [7, 11) is 0. The molecule has 0 aromatic heterocycles. The van der Waals surface area contributed by atoms with Crippen molar-refractivity contribution in [2.24, 2.45) is 0 Å². The normalized spacial score (nSPS) is 11.8. The highest BCUT2D eigenvalue weighted by Crippen LogP contribution is 2.16. The number of aliphatic hydroxyl groups excluding tert-OH is 1. The number of nitrogens with zero attached hydrogens (tertiary/aromatic N) is 1. The highest BCUT2D eigenvalue weighted by molar-refractivity contribution is 5.70. The van der Waals surface area contributed by atoms with Gasteiger partial charge in [-0.2, -0.15) is 13.2 Å². The molecule has 0 aromatic carbocycles. The number of carboxylic acid groups (broad SMARTS) is 1. The highest BCUT2D eigenvalue weighted by Gasteiger charge is 2.29. The SMILES string of the molecule is CCCCCCC[N+](CCCC)(CCCC)CCOCCO.O=C([O-])C(F)(F)F. The third kappa shape index (κ3) is 18.9. The van der Waals surface area contributed by atoms with Crippen LogP contribution in [0.25, 0.3) is 0 Å². The van der Waals surface area contributed by atoms with Crippen molar-refractivity contribution in [2.45, 2.75) is 84.7 Å². The van der Waals surface area contributed by atoms with Gasteiger partial charge in [0.05, 0.1) is 39.5 Å². The summed E-state index contributed by atoms with van der Waals surface area (Å²) in [5.41, 5.74) is 0. The zero-order valence-corrected chi connectivity index (χ0v) is 18.6. The van der Waals surface area contributed by atoms with Crippen molar-refractivity contribution in [3.05, 3.63) is 0 Å². The number of rotatable bonds is 17. The number of quaternary nitrogens is 1. The summed E-state index contributed by atoms with van der Waals surface area (Å²) in [4.78, 5) is 8.78. The average Bonchev–Trinajstić information content (AvgIpc) is 2.67. The summed E-state index contributed by atoms with van der Waals surface area (Å²) in [5.74, 6) is -3.01. The monoisotopic (exact) mass is 429 g/mol. The van der Waals surface area contributed by atoms with Crippen LogP contribution in [-0.4, -0.2) is 67.7 Å². The van der Waals surface area contributed by atoms with E-state index in [4.69, 9.17) is 19.7 Å². The second-order valence-electron chi connectivity index (χ2n) is 7.48. The summed E-state index contributed by atoms with van der Waals surface area (Å²) in [5, 5.41) is 17.7. The molecule has 176 valence electrons. The maximum atomic E-state index is 10.5. The van der Waals surface area contributed by atoms with Gasteiger partial charge < -0.3 is 24.2 Å². The molecule has 0 spiro atoms. The largest absolute Gasteiger partial charge is 0.542 e. The van der Waals surface area contributed by atoms with Crippen LogP contribution in [-0.2, 0) is 9.53 Å². The number of alkyl halides is 3. The van der Waals surface area contributed by atoms with Crippen molar-refractivity contribution in [2.75, 3.05) is 46.0 Å². The molecule has 0 amide bonds. The first-order chi connectivity index (χ1) is 13.7. The topological polar surface area (TPSA) is 69.6 Å². The molecule has 8 heteroatoms. The quantitative estimate of drug-likeness (QED) is 0.283. The smallest absolute Gasteiger partial charge is 0.430 e. The van der Waals surface area contributed by atoms with Crippen LogP contribution in [0.15, 0.2) is 0 Å². The van der Waals surface area contributed by atoms with Gasteiger partial charge in [0.1, 0.15) is 12.5 Å². The Hall–Kier alpha value is -0.860. The number of carbonyl (C=O) groups is 1. The molecule has 0 atom stereocenters. The van der Waals surface area contributed by atoms with Gasteiger partial charge in [-0.3, -0.25) is 0 Å². The Balaban J connectivity index is 0. The molecule has 0 aliphatic carbocycles. The van der Waals surface area contributed by atoms with Crippen LogP contribution in [0.3, 0.4) is 0 Å². The van der Waals surface area contributed by atoms with Gasteiger partial charge in [0, 0.05) is 0 Å². The van der Waals surface area contributed by atoms with Crippen molar-refractivity contribution >= 4 is 5.97 Å². The van der Waals surface area contributed by atoms with E-state index in [9.17, 15) is 13.2 Å². The number of hydrogen-bond acceptors (Lipinski definition) is 4. The summed E-state index contributed by atoms with van der Waals surface area (Å²) in [6.45, 7) is 13.3. The summed E-state index contributed by atoms with van der Waals surface area (Å²) in [6, 6.07) is 0. The van der Waals surface area contributed by atoms with Crippen molar-refractivity contribution in [3.63, 3.8) is 0 Å². The summed E-state index contributed by atoms with van der Waals surface area (Å²) in [6.07, 6.45) is 6.82. The van der Waals surface area contributed by atoms with E-state index in [0.29, 0.717) is 6.61 Å². The fraction of sp³-hybridized carbons (Fsp3) is 0.952. The molecule has 0 rings (SSSR count). The molecule has 0 radical (unpaired) electrons. The first-order valence-electron chi connectivity index (χ1n) is 11.0. The Morgan fingerprint density at radius 3 is 1.69 bits per heavy atom. The summed E-state index contributed by atoms with van der Waals surface area (Å²) < 4.78 is 38.4. The van der Waals surface area contributed by atoms with Crippen molar-refractivity contribution in [3.8, 4) is 0 Å². The van der Waals surface area contributed by atoms with E-state index in [1.165, 1.54) is 81.9 Å². The van der Waals surface area contributed by atoms with Gasteiger partial charge >= 0.3 is 6.18 Å². The van der Waals surface area contributed by atoms with Gasteiger partial charge in [0.25, 0.3) is 0 Å². The number of aliphatic hydroxyl groups is 1. The van der Waals surface area contributed by atoms with E-state index in [1.54, 1.807) is 0 Å². The highest BCUT2D eigenvalue weighted by atomic mass is 19.4. The number of aliphatic carboxylic acids is 1. The third-order valence-electron chi connectivity index (χ3n) is 4.89. The van der Waals surface area contributed by atoms with Crippen LogP contribution >= 0.6 is 0 Å². The molecule has 0 unspecified atom stereocenters. The summed E-state index contributed by atoms with van der Waals surface area (Å²) >= 11 is 0. The third-order valence-corrected chi connectivity index (χ3v) is 4.89. The van der Waals surface area contributed by atoms with Crippen molar-refractivity contribution < 1.29 is 37.4 Å².